The van der Waals surface area contributed by atoms with Crippen molar-refractivity contribution < 1.29 is 5.21 Å². The maximum atomic E-state index is 10.9. The fourth-order valence-corrected chi connectivity index (χ4v) is 4.57. The maximum Gasteiger partial charge on any atom is 0.104 e. The van der Waals surface area contributed by atoms with E-state index < -0.39 is 0 Å². The fourth-order valence-electron chi connectivity index (χ4n) is 3.99. The number of pyridine rings is 1. The van der Waals surface area contributed by atoms with Crippen molar-refractivity contribution in [1.29, 1.82) is 0 Å². The molecule has 0 amide bonds. The normalized spacial score (nSPS) is 20.5. The van der Waals surface area contributed by atoms with Crippen LogP contribution < -0.4 is 5.06 Å². The van der Waals surface area contributed by atoms with Crippen molar-refractivity contribution in [1.82, 2.24) is 4.98 Å². The van der Waals surface area contributed by atoms with Crippen LogP contribution in [0, 0.1) is 11.3 Å². The number of anilines is 1. The molecule has 1 heterocycles. The highest BCUT2D eigenvalue weighted by molar-refractivity contribution is 6.39. The largest absolute Gasteiger partial charge is 0.288 e. The molecular weight excluding hydrogens is 379 g/mol. The van der Waals surface area contributed by atoms with Gasteiger partial charge < -0.3 is 0 Å². The average Bonchev–Trinajstić information content (AvgIpc) is 2.64. The van der Waals surface area contributed by atoms with Crippen molar-refractivity contribution in [3.05, 3.63) is 57.8 Å². The van der Waals surface area contributed by atoms with Gasteiger partial charge in [-0.15, -0.1) is 0 Å². The molecule has 1 saturated carbocycles. The minimum Gasteiger partial charge on any atom is -0.288 e. The lowest BCUT2D eigenvalue weighted by Gasteiger charge is -2.39. The van der Waals surface area contributed by atoms with E-state index in [0.29, 0.717) is 33.5 Å². The van der Waals surface area contributed by atoms with E-state index in [1.54, 1.807) is 6.20 Å². The summed E-state index contributed by atoms with van der Waals surface area (Å²) in [5.41, 5.74) is 2.64. The Kier molecular flexibility index (Phi) is 6.35. The number of nitrogens with zero attached hydrogens (tertiary/aromatic N) is 2. The summed E-state index contributed by atoms with van der Waals surface area (Å²) >= 11 is 13.0. The Morgan fingerprint density at radius 2 is 1.70 bits per heavy atom. The van der Waals surface area contributed by atoms with Crippen LogP contribution in [0.2, 0.25) is 10.0 Å². The maximum absolute atomic E-state index is 10.9. The highest BCUT2D eigenvalue weighted by atomic mass is 35.5. The fraction of sp³-hybridized carbons (Fsp3) is 0.500. The number of rotatable bonds is 4. The zero-order valence-electron chi connectivity index (χ0n) is 16.3. The van der Waals surface area contributed by atoms with Crippen LogP contribution in [0.5, 0.6) is 0 Å². The number of hydroxylamine groups is 1. The minimum absolute atomic E-state index is 0.0329. The molecule has 1 aliphatic carbocycles. The Bertz CT molecular complexity index is 766. The molecule has 0 saturated heterocycles. The summed E-state index contributed by atoms with van der Waals surface area (Å²) < 4.78 is 0. The molecule has 146 valence electrons. The van der Waals surface area contributed by atoms with E-state index in [-0.39, 0.29) is 6.04 Å². The molecule has 0 atom stereocenters. The molecule has 5 heteroatoms. The molecule has 0 spiro atoms. The monoisotopic (exact) mass is 406 g/mol. The molecule has 1 N–H and O–H groups in total. The van der Waals surface area contributed by atoms with Crippen molar-refractivity contribution in [2.45, 2.75) is 58.9 Å². The van der Waals surface area contributed by atoms with Crippen molar-refractivity contribution >= 4 is 28.9 Å². The summed E-state index contributed by atoms with van der Waals surface area (Å²) in [6, 6.07) is 10.1. The van der Waals surface area contributed by atoms with E-state index >= 15 is 0 Å². The van der Waals surface area contributed by atoms with Gasteiger partial charge in [-0.05, 0) is 42.6 Å². The first-order valence-corrected chi connectivity index (χ1v) is 10.4. The van der Waals surface area contributed by atoms with Gasteiger partial charge in [0.1, 0.15) is 5.69 Å². The molecule has 0 unspecified atom stereocenters. The lowest BCUT2D eigenvalue weighted by atomic mass is 9.71. The molecule has 0 aliphatic heterocycles. The van der Waals surface area contributed by atoms with Crippen LogP contribution in [-0.2, 0) is 6.42 Å². The highest BCUT2D eigenvalue weighted by Crippen LogP contribution is 2.42. The molecule has 2 aromatic rings. The van der Waals surface area contributed by atoms with Gasteiger partial charge in [0.25, 0.3) is 0 Å². The first kappa shape index (κ1) is 20.4. The smallest absolute Gasteiger partial charge is 0.104 e. The van der Waals surface area contributed by atoms with Gasteiger partial charge in [0.2, 0.25) is 0 Å². The van der Waals surface area contributed by atoms with Crippen LogP contribution in [0.4, 0.5) is 5.69 Å². The van der Waals surface area contributed by atoms with Gasteiger partial charge in [-0.25, -0.2) is 0 Å². The second-order valence-electron chi connectivity index (χ2n) is 8.59. The number of halogens is 2. The van der Waals surface area contributed by atoms with Crippen molar-refractivity contribution in [3.63, 3.8) is 0 Å². The molecular formula is C22H28Cl2N2O. The SMILES string of the molecule is CC(C)(C)[C@H]1CC[C@@H](N(O)c2c(Cl)cnc(Cc3ccccc3)c2Cl)CC1. The van der Waals surface area contributed by atoms with E-state index in [1.807, 2.05) is 30.3 Å². The molecule has 1 fully saturated rings. The summed E-state index contributed by atoms with van der Waals surface area (Å²) in [6.07, 6.45) is 6.26. The lowest BCUT2D eigenvalue weighted by molar-refractivity contribution is 0.126. The van der Waals surface area contributed by atoms with Gasteiger partial charge in [0, 0.05) is 12.6 Å². The number of hydrogen-bond acceptors (Lipinski definition) is 3. The summed E-state index contributed by atoms with van der Waals surface area (Å²) in [7, 11) is 0. The van der Waals surface area contributed by atoms with Crippen molar-refractivity contribution in [2.75, 3.05) is 5.06 Å². The molecule has 3 nitrogen and oxygen atoms in total. The Hall–Kier alpha value is -1.29. The van der Waals surface area contributed by atoms with E-state index in [1.165, 1.54) is 5.06 Å². The minimum atomic E-state index is 0.0329. The van der Waals surface area contributed by atoms with Gasteiger partial charge in [0.15, 0.2) is 0 Å². The van der Waals surface area contributed by atoms with Crippen molar-refractivity contribution in [3.8, 4) is 0 Å². The molecule has 3 rings (SSSR count). The molecule has 1 aromatic carbocycles. The Morgan fingerprint density at radius 3 is 2.30 bits per heavy atom. The second kappa shape index (κ2) is 8.38. The molecule has 0 bridgehead atoms. The van der Waals surface area contributed by atoms with Gasteiger partial charge in [-0.2, -0.15) is 0 Å². The van der Waals surface area contributed by atoms with Gasteiger partial charge in [-0.3, -0.25) is 15.3 Å². The average molecular weight is 407 g/mol. The zero-order valence-corrected chi connectivity index (χ0v) is 17.8. The van der Waals surface area contributed by atoms with Gasteiger partial charge >= 0.3 is 0 Å². The molecule has 1 aliphatic rings. The summed E-state index contributed by atoms with van der Waals surface area (Å²) in [4.78, 5) is 4.40. The van der Waals surface area contributed by atoms with E-state index in [4.69, 9.17) is 23.2 Å². The summed E-state index contributed by atoms with van der Waals surface area (Å²) in [5.74, 6) is 0.680. The van der Waals surface area contributed by atoms with Crippen LogP contribution in [0.3, 0.4) is 0 Å². The van der Waals surface area contributed by atoms with Crippen molar-refractivity contribution in [2.24, 2.45) is 11.3 Å². The van der Waals surface area contributed by atoms with Crippen LogP contribution in [0.25, 0.3) is 0 Å². The third-order valence-electron chi connectivity index (χ3n) is 5.73. The third-order valence-corrected chi connectivity index (χ3v) is 6.41. The van der Waals surface area contributed by atoms with Crippen LogP contribution in [0.15, 0.2) is 36.5 Å². The Balaban J connectivity index is 1.79. The Labute approximate surface area is 172 Å². The molecule has 1 aromatic heterocycles. The van der Waals surface area contributed by atoms with Crippen LogP contribution >= 0.6 is 23.2 Å². The van der Waals surface area contributed by atoms with E-state index in [9.17, 15) is 5.21 Å². The first-order chi connectivity index (χ1) is 12.8. The number of hydrogen-bond donors (Lipinski definition) is 1. The first-order valence-electron chi connectivity index (χ1n) is 9.62. The van der Waals surface area contributed by atoms with Crippen LogP contribution in [-0.4, -0.2) is 16.2 Å². The highest BCUT2D eigenvalue weighted by Gasteiger charge is 2.33. The van der Waals surface area contributed by atoms with Crippen LogP contribution in [0.1, 0.15) is 57.7 Å². The second-order valence-corrected chi connectivity index (χ2v) is 9.38. The number of aromatic nitrogens is 1. The summed E-state index contributed by atoms with van der Waals surface area (Å²) in [5, 5.41) is 13.0. The zero-order chi connectivity index (χ0) is 19.6. The quantitative estimate of drug-likeness (QED) is 0.568. The molecule has 0 radical (unpaired) electrons. The number of benzene rings is 1. The molecule has 27 heavy (non-hydrogen) atoms. The van der Waals surface area contributed by atoms with Gasteiger partial charge in [-0.1, -0.05) is 74.3 Å². The predicted octanol–water partition coefficient (Wildman–Crippen LogP) is 6.78. The van der Waals surface area contributed by atoms with E-state index in [0.717, 1.165) is 36.9 Å². The third kappa shape index (κ3) is 4.77. The topological polar surface area (TPSA) is 36.4 Å². The Morgan fingerprint density at radius 1 is 1.07 bits per heavy atom. The predicted molar refractivity (Wildman–Crippen MR) is 113 cm³/mol. The van der Waals surface area contributed by atoms with Gasteiger partial charge in [0.05, 0.1) is 21.8 Å². The summed E-state index contributed by atoms with van der Waals surface area (Å²) in [6.45, 7) is 6.88. The standard InChI is InChI=1S/C22H28Cl2N2O/c1-22(2,3)16-9-11-17(12-10-16)26(27)21-18(23)14-25-19(20(21)24)13-15-7-5-4-6-8-15/h4-8,14,16-17,27H,9-13H2,1-3H3/t16-,17+. The van der Waals surface area contributed by atoms with E-state index in [2.05, 4.69) is 25.8 Å². The lowest BCUT2D eigenvalue weighted by Crippen LogP contribution is -2.38.